The largest absolute Gasteiger partial charge is 0.493 e. The third-order valence-corrected chi connectivity index (χ3v) is 4.55. The van der Waals surface area contributed by atoms with Crippen LogP contribution in [0.5, 0.6) is 11.5 Å². The summed E-state index contributed by atoms with van der Waals surface area (Å²) < 4.78 is 11.2. The van der Waals surface area contributed by atoms with Gasteiger partial charge < -0.3 is 14.6 Å². The zero-order chi connectivity index (χ0) is 20.5. The number of hydrogen-bond donors (Lipinski definition) is 1. The number of ether oxygens (including phenoxy) is 2. The molecular formula is C21H22O6S. The fourth-order valence-corrected chi connectivity index (χ4v) is 2.89. The van der Waals surface area contributed by atoms with Gasteiger partial charge in [0.15, 0.2) is 17.3 Å². The van der Waals surface area contributed by atoms with Crippen molar-refractivity contribution >= 4 is 29.3 Å². The lowest BCUT2D eigenvalue weighted by molar-refractivity contribution is -0.148. The van der Waals surface area contributed by atoms with Gasteiger partial charge in [0.25, 0.3) is 0 Å². The summed E-state index contributed by atoms with van der Waals surface area (Å²) in [6.07, 6.45) is 1.75. The summed E-state index contributed by atoms with van der Waals surface area (Å²) in [6, 6.07) is 13.1. The number of methoxy groups -OCH3 is 1. The van der Waals surface area contributed by atoms with Gasteiger partial charge in [-0.3, -0.25) is 9.59 Å². The van der Waals surface area contributed by atoms with E-state index in [-0.39, 0.29) is 11.3 Å². The molecule has 0 aliphatic rings. The topological polar surface area (TPSA) is 89.9 Å². The number of ketones is 2. The highest BCUT2D eigenvalue weighted by Crippen LogP contribution is 2.34. The lowest BCUT2D eigenvalue weighted by atomic mass is 9.97. The van der Waals surface area contributed by atoms with Gasteiger partial charge >= 0.3 is 5.97 Å². The highest BCUT2D eigenvalue weighted by molar-refractivity contribution is 7.98. The second-order valence-corrected chi connectivity index (χ2v) is 6.99. The summed E-state index contributed by atoms with van der Waals surface area (Å²) in [5, 5.41) is 8.81. The minimum Gasteiger partial charge on any atom is -0.493 e. The molecule has 0 amide bonds. The van der Waals surface area contributed by atoms with Gasteiger partial charge in [-0.2, -0.15) is 11.8 Å². The van der Waals surface area contributed by atoms with Crippen molar-refractivity contribution in [2.75, 3.05) is 25.7 Å². The average molecular weight is 402 g/mol. The first kappa shape index (κ1) is 21.5. The van der Waals surface area contributed by atoms with Crippen LogP contribution < -0.4 is 9.47 Å². The summed E-state index contributed by atoms with van der Waals surface area (Å²) in [5.74, 6) is -2.09. The number of aliphatic carboxylic acids is 1. The van der Waals surface area contributed by atoms with Crippen molar-refractivity contribution in [1.29, 1.82) is 0 Å². The Balaban J connectivity index is 2.42. The van der Waals surface area contributed by atoms with E-state index in [2.05, 4.69) is 0 Å². The van der Waals surface area contributed by atoms with Crippen LogP contribution in [0, 0.1) is 0 Å². The van der Waals surface area contributed by atoms with Crippen molar-refractivity contribution in [3.63, 3.8) is 0 Å². The molecular weight excluding hydrogens is 380 g/mol. The van der Waals surface area contributed by atoms with E-state index in [4.69, 9.17) is 14.6 Å². The van der Waals surface area contributed by atoms with Gasteiger partial charge in [-0.05, 0) is 35.9 Å². The van der Waals surface area contributed by atoms with Crippen molar-refractivity contribution in [3.8, 4) is 11.5 Å². The smallest absolute Gasteiger partial charge is 0.372 e. The van der Waals surface area contributed by atoms with Crippen molar-refractivity contribution in [1.82, 2.24) is 0 Å². The molecule has 0 fully saturated rings. The molecule has 0 heterocycles. The van der Waals surface area contributed by atoms with Gasteiger partial charge in [-0.25, -0.2) is 4.79 Å². The Morgan fingerprint density at radius 2 is 1.79 bits per heavy atom. The molecule has 0 unspecified atom stereocenters. The number of benzene rings is 2. The molecule has 0 radical (unpaired) electrons. The molecule has 2 aromatic carbocycles. The van der Waals surface area contributed by atoms with E-state index >= 15 is 0 Å². The number of carboxylic acids is 1. The van der Waals surface area contributed by atoms with Gasteiger partial charge in [0, 0.05) is 5.75 Å². The summed E-state index contributed by atoms with van der Waals surface area (Å²) in [4.78, 5) is 35.0. The minimum atomic E-state index is -1.63. The molecule has 2 aromatic rings. The maximum atomic E-state index is 12.7. The maximum absolute atomic E-state index is 12.7. The summed E-state index contributed by atoms with van der Waals surface area (Å²) >= 11 is 1.59. The molecule has 0 bridgehead atoms. The first-order valence-electron chi connectivity index (χ1n) is 8.62. The number of rotatable bonds is 11. The zero-order valence-electron chi connectivity index (χ0n) is 15.8. The second kappa shape index (κ2) is 10.5. The van der Waals surface area contributed by atoms with Gasteiger partial charge in [0.1, 0.15) is 0 Å². The number of carbonyl (C=O) groups is 3. The quantitative estimate of drug-likeness (QED) is 0.267. The standard InChI is InChI=1S/C21H22O6S/c1-26-19-12-15(10-14-6-4-3-5-7-14)11-16(20(19)27-8-9-28-2)17(22)13-18(23)21(24)25/h3-7,11-12H,8-10,13H2,1-2H3,(H,24,25). The van der Waals surface area contributed by atoms with E-state index in [1.54, 1.807) is 23.9 Å². The van der Waals surface area contributed by atoms with E-state index < -0.39 is 24.0 Å². The molecule has 148 valence electrons. The molecule has 0 atom stereocenters. The minimum absolute atomic E-state index is 0.154. The molecule has 7 heteroatoms. The Bertz CT molecular complexity index is 847. The van der Waals surface area contributed by atoms with Crippen LogP contribution >= 0.6 is 11.8 Å². The van der Waals surface area contributed by atoms with E-state index in [0.29, 0.717) is 24.5 Å². The maximum Gasteiger partial charge on any atom is 0.372 e. The van der Waals surface area contributed by atoms with Crippen LogP contribution in [0.3, 0.4) is 0 Å². The number of carbonyl (C=O) groups excluding carboxylic acids is 2. The SMILES string of the molecule is COc1cc(Cc2ccccc2)cc(C(=O)CC(=O)C(=O)O)c1OCCSC. The first-order valence-corrected chi connectivity index (χ1v) is 10.0. The third kappa shape index (κ3) is 5.85. The van der Waals surface area contributed by atoms with Gasteiger partial charge in [0.2, 0.25) is 5.78 Å². The molecule has 0 saturated heterocycles. The van der Waals surface area contributed by atoms with Gasteiger partial charge in [-0.1, -0.05) is 30.3 Å². The Morgan fingerprint density at radius 3 is 2.39 bits per heavy atom. The zero-order valence-corrected chi connectivity index (χ0v) is 16.6. The van der Waals surface area contributed by atoms with Crippen molar-refractivity contribution in [3.05, 3.63) is 59.2 Å². The first-order chi connectivity index (χ1) is 13.5. The Kier molecular flexibility index (Phi) is 8.07. The highest BCUT2D eigenvalue weighted by Gasteiger charge is 2.24. The molecule has 0 aromatic heterocycles. The van der Waals surface area contributed by atoms with Gasteiger partial charge in [-0.15, -0.1) is 0 Å². The van der Waals surface area contributed by atoms with Crippen molar-refractivity contribution in [2.45, 2.75) is 12.8 Å². The molecule has 0 aliphatic heterocycles. The molecule has 2 rings (SSSR count). The van der Waals surface area contributed by atoms with Crippen molar-refractivity contribution < 1.29 is 29.0 Å². The lowest BCUT2D eigenvalue weighted by Crippen LogP contribution is -2.18. The monoisotopic (exact) mass is 402 g/mol. The highest BCUT2D eigenvalue weighted by atomic mass is 32.2. The van der Waals surface area contributed by atoms with E-state index in [0.717, 1.165) is 11.1 Å². The van der Waals surface area contributed by atoms with E-state index in [9.17, 15) is 14.4 Å². The van der Waals surface area contributed by atoms with Crippen LogP contribution in [-0.4, -0.2) is 48.4 Å². The summed E-state index contributed by atoms with van der Waals surface area (Å²) in [5.41, 5.74) is 1.99. The number of hydrogen-bond acceptors (Lipinski definition) is 6. The predicted octanol–water partition coefficient (Wildman–Crippen LogP) is 3.25. The van der Waals surface area contributed by atoms with Crippen LogP contribution in [0.1, 0.15) is 27.9 Å². The molecule has 1 N–H and O–H groups in total. The van der Waals surface area contributed by atoms with Crippen LogP contribution in [0.25, 0.3) is 0 Å². The molecule has 0 aliphatic carbocycles. The van der Waals surface area contributed by atoms with Crippen LogP contribution in [0.15, 0.2) is 42.5 Å². The van der Waals surface area contributed by atoms with Crippen LogP contribution in [0.2, 0.25) is 0 Å². The Labute approximate surface area is 167 Å². The predicted molar refractivity (Wildman–Crippen MR) is 108 cm³/mol. The molecule has 28 heavy (non-hydrogen) atoms. The molecule has 0 saturated carbocycles. The lowest BCUT2D eigenvalue weighted by Gasteiger charge is -2.16. The van der Waals surface area contributed by atoms with E-state index in [1.807, 2.05) is 36.6 Å². The second-order valence-electron chi connectivity index (χ2n) is 6.01. The number of carboxylic acid groups (broad SMARTS) is 1. The summed E-state index contributed by atoms with van der Waals surface area (Å²) in [6.45, 7) is 0.350. The van der Waals surface area contributed by atoms with Gasteiger partial charge in [0.05, 0.1) is 25.7 Å². The number of Topliss-reactive ketones (excluding diaryl/α,β-unsaturated/α-hetero) is 2. The third-order valence-electron chi connectivity index (χ3n) is 3.98. The van der Waals surface area contributed by atoms with Crippen LogP contribution in [0.4, 0.5) is 0 Å². The average Bonchev–Trinajstić information content (AvgIpc) is 2.69. The number of thioether (sulfide) groups is 1. The van der Waals surface area contributed by atoms with Crippen LogP contribution in [-0.2, 0) is 16.0 Å². The Morgan fingerprint density at radius 1 is 1.07 bits per heavy atom. The molecule has 0 spiro atoms. The fraction of sp³-hybridized carbons (Fsp3) is 0.286. The summed E-state index contributed by atoms with van der Waals surface area (Å²) in [7, 11) is 1.47. The van der Waals surface area contributed by atoms with Crippen molar-refractivity contribution in [2.24, 2.45) is 0 Å². The normalized spacial score (nSPS) is 10.4. The molecule has 6 nitrogen and oxygen atoms in total. The fourth-order valence-electron chi connectivity index (χ4n) is 2.64. The Hall–Kier alpha value is -2.80. The van der Waals surface area contributed by atoms with E-state index in [1.165, 1.54) is 7.11 Å².